The Labute approximate surface area is 69.7 Å². The van der Waals surface area contributed by atoms with Crippen LogP contribution >= 0.6 is 31.9 Å². The third-order valence-electron chi connectivity index (χ3n) is 0.788. The molecule has 9 heavy (non-hydrogen) atoms. The number of aliphatic imine (C=N–C) groups is 1. The average molecular weight is 255 g/mol. The summed E-state index contributed by atoms with van der Waals surface area (Å²) < 4.78 is -0.414. The Hall–Kier alpha value is -0.0300. The highest BCUT2D eigenvalue weighted by atomic mass is 79.9. The Morgan fingerprint density at radius 3 is 2.67 bits per heavy atom. The minimum absolute atomic E-state index is 0.414. The van der Waals surface area contributed by atoms with Gasteiger partial charge >= 0.3 is 0 Å². The van der Waals surface area contributed by atoms with Crippen molar-refractivity contribution in [3.8, 4) is 0 Å². The van der Waals surface area contributed by atoms with E-state index in [0.717, 1.165) is 0 Å². The molecule has 1 aliphatic rings. The van der Waals surface area contributed by atoms with Crippen LogP contribution in [0.5, 0.6) is 0 Å². The fourth-order valence-electron chi connectivity index (χ4n) is 0.400. The van der Waals surface area contributed by atoms with Crippen LogP contribution in [0.25, 0.3) is 0 Å². The van der Waals surface area contributed by atoms with Crippen LogP contribution in [0.15, 0.2) is 17.0 Å². The van der Waals surface area contributed by atoms with E-state index in [9.17, 15) is 0 Å². The molecule has 50 valence electrons. The maximum Gasteiger partial charge on any atom is 0.184 e. The lowest BCUT2D eigenvalue weighted by Crippen LogP contribution is -2.33. The molecule has 5 heteroatoms. The summed E-state index contributed by atoms with van der Waals surface area (Å²) in [7, 11) is 0. The van der Waals surface area contributed by atoms with Gasteiger partial charge in [-0.25, -0.2) is 4.99 Å². The summed E-state index contributed by atoms with van der Waals surface area (Å²) in [5.74, 6) is 0.476. The third-order valence-corrected chi connectivity index (χ3v) is 1.66. The third kappa shape index (κ3) is 1.98. The predicted octanol–water partition coefficient (Wildman–Crippen LogP) is 0.862. The highest BCUT2D eigenvalue weighted by Crippen LogP contribution is 2.22. The van der Waals surface area contributed by atoms with Crippen LogP contribution in [0.2, 0.25) is 0 Å². The zero-order valence-electron chi connectivity index (χ0n) is 4.44. The first-order valence-corrected chi connectivity index (χ1v) is 3.85. The molecule has 3 nitrogen and oxygen atoms in total. The first kappa shape index (κ1) is 7.08. The number of hydrogen-bond donors (Lipinski definition) is 2. The van der Waals surface area contributed by atoms with E-state index in [1.165, 1.54) is 0 Å². The standard InChI is InChI=1S/C4H5Br2N3/c5-4(6)2-8-3(7)1-9-4/h1-2,9H,7H2. The molecule has 1 rings (SSSR count). The number of nitrogens with one attached hydrogen (secondary N) is 1. The van der Waals surface area contributed by atoms with Gasteiger partial charge in [0.2, 0.25) is 0 Å². The summed E-state index contributed by atoms with van der Waals surface area (Å²) in [5.41, 5.74) is 5.31. The van der Waals surface area contributed by atoms with Crippen LogP contribution in [0, 0.1) is 0 Å². The molecule has 1 heterocycles. The highest BCUT2D eigenvalue weighted by molar-refractivity contribution is 9.25. The van der Waals surface area contributed by atoms with Crippen molar-refractivity contribution in [3.63, 3.8) is 0 Å². The van der Waals surface area contributed by atoms with Gasteiger partial charge in [-0.1, -0.05) is 0 Å². The van der Waals surface area contributed by atoms with Crippen LogP contribution in [0.1, 0.15) is 0 Å². The van der Waals surface area contributed by atoms with Gasteiger partial charge in [0.25, 0.3) is 0 Å². The summed E-state index contributed by atoms with van der Waals surface area (Å²) in [5, 5.41) is 2.91. The molecule has 0 aliphatic carbocycles. The number of nitrogens with two attached hydrogens (primary N) is 1. The lowest BCUT2D eigenvalue weighted by molar-refractivity contribution is 0.898. The zero-order valence-corrected chi connectivity index (χ0v) is 7.61. The molecule has 0 aromatic rings. The molecular formula is C4H5Br2N3. The number of halogens is 2. The van der Waals surface area contributed by atoms with Gasteiger partial charge in [0.05, 0.1) is 6.21 Å². The molecule has 0 spiro atoms. The van der Waals surface area contributed by atoms with Gasteiger partial charge in [0, 0.05) is 6.20 Å². The van der Waals surface area contributed by atoms with Crippen molar-refractivity contribution in [2.24, 2.45) is 10.7 Å². The van der Waals surface area contributed by atoms with Gasteiger partial charge in [-0.2, -0.15) is 0 Å². The van der Waals surface area contributed by atoms with Crippen LogP contribution in [0.4, 0.5) is 0 Å². The Morgan fingerprint density at radius 2 is 2.33 bits per heavy atom. The Balaban J connectivity index is 2.70. The molecule has 3 N–H and O–H groups in total. The van der Waals surface area contributed by atoms with Crippen molar-refractivity contribution in [1.82, 2.24) is 5.32 Å². The van der Waals surface area contributed by atoms with Crippen molar-refractivity contribution in [1.29, 1.82) is 0 Å². The first-order valence-electron chi connectivity index (χ1n) is 2.26. The van der Waals surface area contributed by atoms with Gasteiger partial charge in [-0.15, -0.1) is 0 Å². The number of alkyl halides is 2. The summed E-state index contributed by atoms with van der Waals surface area (Å²) in [6.45, 7) is 0. The van der Waals surface area contributed by atoms with Crippen molar-refractivity contribution in [2.45, 2.75) is 3.36 Å². The van der Waals surface area contributed by atoms with E-state index < -0.39 is 3.36 Å². The normalized spacial score (nSPS) is 22.7. The maximum atomic E-state index is 5.31. The number of nitrogens with zero attached hydrogens (tertiary/aromatic N) is 1. The second-order valence-corrected chi connectivity index (χ2v) is 5.16. The second-order valence-electron chi connectivity index (χ2n) is 1.59. The van der Waals surface area contributed by atoms with Crippen molar-refractivity contribution in [2.75, 3.05) is 0 Å². The minimum Gasteiger partial charge on any atom is -0.383 e. The van der Waals surface area contributed by atoms with Crippen LogP contribution in [-0.2, 0) is 0 Å². The van der Waals surface area contributed by atoms with Crippen LogP contribution < -0.4 is 11.1 Å². The lowest BCUT2D eigenvalue weighted by atomic mass is 10.6. The quantitative estimate of drug-likeness (QED) is 0.498. The molecular weight excluding hydrogens is 250 g/mol. The molecule has 0 fully saturated rings. The van der Waals surface area contributed by atoms with E-state index in [1.807, 2.05) is 0 Å². The number of rotatable bonds is 0. The highest BCUT2D eigenvalue weighted by Gasteiger charge is 2.19. The SMILES string of the molecule is NC1=CNC(Br)(Br)C=N1. The smallest absolute Gasteiger partial charge is 0.184 e. The van der Waals surface area contributed by atoms with Gasteiger partial charge < -0.3 is 11.1 Å². The lowest BCUT2D eigenvalue weighted by Gasteiger charge is -2.18. The predicted molar refractivity (Wildman–Crippen MR) is 44.5 cm³/mol. The summed E-state index contributed by atoms with van der Waals surface area (Å²) in [6, 6.07) is 0. The first-order chi connectivity index (χ1) is 4.10. The minimum atomic E-state index is -0.414. The molecule has 1 aliphatic heterocycles. The second kappa shape index (κ2) is 2.30. The summed E-state index contributed by atoms with van der Waals surface area (Å²) in [6.07, 6.45) is 3.24. The Kier molecular flexibility index (Phi) is 1.81. The molecule has 0 aromatic carbocycles. The fraction of sp³-hybridized carbons (Fsp3) is 0.250. The van der Waals surface area contributed by atoms with E-state index in [1.54, 1.807) is 12.4 Å². The van der Waals surface area contributed by atoms with E-state index in [4.69, 9.17) is 5.73 Å². The van der Waals surface area contributed by atoms with Crippen LogP contribution in [0.3, 0.4) is 0 Å². The van der Waals surface area contributed by atoms with E-state index >= 15 is 0 Å². The topological polar surface area (TPSA) is 50.4 Å². The maximum absolute atomic E-state index is 5.31. The van der Waals surface area contributed by atoms with Gasteiger partial charge in [-0.05, 0) is 31.9 Å². The monoisotopic (exact) mass is 253 g/mol. The van der Waals surface area contributed by atoms with Crippen molar-refractivity contribution < 1.29 is 0 Å². The Bertz CT molecular complexity index is 173. The average Bonchev–Trinajstić information content (AvgIpc) is 1.78. The zero-order chi connectivity index (χ0) is 6.91. The molecule has 0 amide bonds. The largest absolute Gasteiger partial charge is 0.383 e. The molecule has 0 aromatic heterocycles. The van der Waals surface area contributed by atoms with E-state index in [-0.39, 0.29) is 0 Å². The molecule has 0 atom stereocenters. The van der Waals surface area contributed by atoms with E-state index in [2.05, 4.69) is 42.2 Å². The van der Waals surface area contributed by atoms with Gasteiger partial charge in [0.1, 0.15) is 5.82 Å². The van der Waals surface area contributed by atoms with Crippen molar-refractivity contribution >= 4 is 38.1 Å². The summed E-state index contributed by atoms with van der Waals surface area (Å²) >= 11 is 6.55. The molecule has 0 saturated heterocycles. The molecule has 0 radical (unpaired) electrons. The van der Waals surface area contributed by atoms with Gasteiger partial charge in [-0.3, -0.25) is 0 Å². The number of hydrogen-bond acceptors (Lipinski definition) is 3. The molecule has 0 unspecified atom stereocenters. The molecule has 0 saturated carbocycles. The van der Waals surface area contributed by atoms with Gasteiger partial charge in [0.15, 0.2) is 3.36 Å². The van der Waals surface area contributed by atoms with Crippen LogP contribution in [-0.4, -0.2) is 9.57 Å². The summed E-state index contributed by atoms with van der Waals surface area (Å²) in [4.78, 5) is 3.84. The molecule has 0 bridgehead atoms. The fourth-order valence-corrected chi connectivity index (χ4v) is 0.834. The van der Waals surface area contributed by atoms with E-state index in [0.29, 0.717) is 5.82 Å². The Morgan fingerprint density at radius 1 is 1.67 bits per heavy atom. The van der Waals surface area contributed by atoms with Crippen molar-refractivity contribution in [3.05, 3.63) is 12.0 Å².